The molecule has 1 aliphatic rings. The molecule has 0 aromatic heterocycles. The molecule has 166 valence electrons. The van der Waals surface area contributed by atoms with Crippen LogP contribution < -0.4 is 0 Å². The van der Waals surface area contributed by atoms with Gasteiger partial charge < -0.3 is 10.0 Å². The third kappa shape index (κ3) is 5.01. The number of hydrogen-bond donors (Lipinski definition) is 1. The zero-order chi connectivity index (χ0) is 22.4. The predicted octanol–water partition coefficient (Wildman–Crippen LogP) is 5.61. The first-order valence-electron chi connectivity index (χ1n) is 11.7. The van der Waals surface area contributed by atoms with E-state index in [0.29, 0.717) is 6.42 Å². The molecule has 0 bridgehead atoms. The van der Waals surface area contributed by atoms with Crippen molar-refractivity contribution in [2.45, 2.75) is 38.2 Å². The van der Waals surface area contributed by atoms with Crippen molar-refractivity contribution in [1.82, 2.24) is 4.90 Å². The number of ketones is 1. The summed E-state index contributed by atoms with van der Waals surface area (Å²) in [5.41, 5.74) is 2.94. The minimum atomic E-state index is -0.976. The van der Waals surface area contributed by atoms with E-state index in [4.69, 9.17) is 0 Å². The Kier molecular flexibility index (Phi) is 7.19. The maximum Gasteiger partial charge on any atom is 0.162 e. The number of carbonyl (C=O) groups excluding carboxylic acids is 1. The number of aliphatic hydroxyl groups is 1. The van der Waals surface area contributed by atoms with Crippen molar-refractivity contribution >= 4 is 5.78 Å². The second-order valence-electron chi connectivity index (χ2n) is 9.01. The fraction of sp³-hybridized carbons (Fsp3) is 0.345. The number of nitrogens with zero attached hydrogens (tertiary/aromatic N) is 1. The monoisotopic (exact) mass is 427 g/mol. The summed E-state index contributed by atoms with van der Waals surface area (Å²) in [6.45, 7) is 4.87. The molecule has 0 amide bonds. The minimum Gasteiger partial charge on any atom is -0.380 e. The van der Waals surface area contributed by atoms with Crippen LogP contribution in [0.3, 0.4) is 0 Å². The molecule has 1 fully saturated rings. The number of hydrogen-bond acceptors (Lipinski definition) is 3. The molecular weight excluding hydrogens is 394 g/mol. The average molecular weight is 428 g/mol. The van der Waals surface area contributed by atoms with Gasteiger partial charge in [-0.3, -0.25) is 4.79 Å². The zero-order valence-corrected chi connectivity index (χ0v) is 18.9. The van der Waals surface area contributed by atoms with Gasteiger partial charge in [-0.05, 0) is 62.9 Å². The van der Waals surface area contributed by atoms with Gasteiger partial charge in [-0.15, -0.1) is 0 Å². The summed E-state index contributed by atoms with van der Waals surface area (Å²) in [5.74, 6) is 0.389. The smallest absolute Gasteiger partial charge is 0.162 e. The second-order valence-corrected chi connectivity index (χ2v) is 9.01. The van der Waals surface area contributed by atoms with E-state index in [9.17, 15) is 9.90 Å². The molecule has 1 N–H and O–H groups in total. The van der Waals surface area contributed by atoms with E-state index in [1.807, 2.05) is 91.9 Å². The number of Topliss-reactive ketones (excluding diaryl/α,β-unsaturated/α-hetero) is 1. The van der Waals surface area contributed by atoms with Gasteiger partial charge in [0.15, 0.2) is 5.78 Å². The van der Waals surface area contributed by atoms with Crippen LogP contribution in [0.2, 0.25) is 0 Å². The molecule has 1 aliphatic heterocycles. The number of carbonyl (C=O) groups is 1. The lowest BCUT2D eigenvalue weighted by Crippen LogP contribution is -2.44. The van der Waals surface area contributed by atoms with Crippen LogP contribution in [0.4, 0.5) is 0 Å². The Labute approximate surface area is 191 Å². The third-order valence-electron chi connectivity index (χ3n) is 6.86. The molecule has 0 radical (unpaired) electrons. The molecule has 3 nitrogen and oxygen atoms in total. The van der Waals surface area contributed by atoms with E-state index >= 15 is 0 Å². The standard InChI is InChI=1S/C29H33NO2/c1-23-14-16-24(17-15-23)28(31)13-8-20-30-21-18-27(19-22-30)29(32,25-9-4-2-5-10-25)26-11-6-3-7-12-26/h2-7,9-12,14-17,27,32H,8,13,18-22H2,1H3. The largest absolute Gasteiger partial charge is 0.380 e. The molecule has 0 aliphatic carbocycles. The van der Waals surface area contributed by atoms with Crippen LogP contribution in [0.25, 0.3) is 0 Å². The molecule has 3 heteroatoms. The van der Waals surface area contributed by atoms with Crippen molar-refractivity contribution in [3.8, 4) is 0 Å². The minimum absolute atomic E-state index is 0.165. The molecule has 4 rings (SSSR count). The van der Waals surface area contributed by atoms with Crippen molar-refractivity contribution in [2.75, 3.05) is 19.6 Å². The SMILES string of the molecule is Cc1ccc(C(=O)CCCN2CCC(C(O)(c3ccccc3)c3ccccc3)CC2)cc1. The topological polar surface area (TPSA) is 40.5 Å². The van der Waals surface area contributed by atoms with Crippen molar-refractivity contribution in [3.63, 3.8) is 0 Å². The Hall–Kier alpha value is -2.75. The van der Waals surface area contributed by atoms with Gasteiger partial charge in [0.2, 0.25) is 0 Å². The quantitative estimate of drug-likeness (QED) is 0.475. The van der Waals surface area contributed by atoms with E-state index in [0.717, 1.165) is 55.6 Å². The molecule has 1 heterocycles. The third-order valence-corrected chi connectivity index (χ3v) is 6.86. The molecular formula is C29H33NO2. The lowest BCUT2D eigenvalue weighted by atomic mass is 9.72. The van der Waals surface area contributed by atoms with Gasteiger partial charge in [-0.25, -0.2) is 0 Å². The fourth-order valence-electron chi connectivity index (χ4n) is 4.94. The lowest BCUT2D eigenvalue weighted by molar-refractivity contribution is -0.0142. The Morgan fingerprint density at radius 3 is 1.94 bits per heavy atom. The van der Waals surface area contributed by atoms with Crippen LogP contribution in [-0.4, -0.2) is 35.4 Å². The molecule has 1 saturated heterocycles. The predicted molar refractivity (Wildman–Crippen MR) is 130 cm³/mol. The Morgan fingerprint density at radius 1 is 0.875 bits per heavy atom. The first-order valence-corrected chi connectivity index (χ1v) is 11.7. The summed E-state index contributed by atoms with van der Waals surface area (Å²) >= 11 is 0. The highest BCUT2D eigenvalue weighted by atomic mass is 16.3. The summed E-state index contributed by atoms with van der Waals surface area (Å²) in [6, 6.07) is 28.0. The number of likely N-dealkylation sites (tertiary alicyclic amines) is 1. The number of piperidine rings is 1. The van der Waals surface area contributed by atoms with Gasteiger partial charge in [0.05, 0.1) is 0 Å². The molecule has 0 atom stereocenters. The average Bonchev–Trinajstić information content (AvgIpc) is 2.85. The molecule has 0 unspecified atom stereocenters. The summed E-state index contributed by atoms with van der Waals surface area (Å²) in [5, 5.41) is 12.0. The van der Waals surface area contributed by atoms with Crippen LogP contribution in [-0.2, 0) is 5.60 Å². The van der Waals surface area contributed by atoms with Gasteiger partial charge in [-0.2, -0.15) is 0 Å². The molecule has 0 saturated carbocycles. The summed E-state index contributed by atoms with van der Waals surface area (Å²) in [7, 11) is 0. The molecule has 3 aromatic carbocycles. The highest BCUT2D eigenvalue weighted by Crippen LogP contribution is 2.41. The van der Waals surface area contributed by atoms with Gasteiger partial charge >= 0.3 is 0 Å². The van der Waals surface area contributed by atoms with Gasteiger partial charge in [0, 0.05) is 12.0 Å². The lowest BCUT2D eigenvalue weighted by Gasteiger charge is -2.42. The van der Waals surface area contributed by atoms with Gasteiger partial charge in [-0.1, -0.05) is 90.5 Å². The van der Waals surface area contributed by atoms with Crippen molar-refractivity contribution in [2.24, 2.45) is 5.92 Å². The van der Waals surface area contributed by atoms with Crippen molar-refractivity contribution in [3.05, 3.63) is 107 Å². The number of benzene rings is 3. The first kappa shape index (κ1) is 22.4. The first-order chi connectivity index (χ1) is 15.6. The summed E-state index contributed by atoms with van der Waals surface area (Å²) in [4.78, 5) is 14.9. The van der Waals surface area contributed by atoms with Gasteiger partial charge in [0.25, 0.3) is 0 Å². The fourth-order valence-corrected chi connectivity index (χ4v) is 4.94. The highest BCUT2D eigenvalue weighted by molar-refractivity contribution is 5.96. The van der Waals surface area contributed by atoms with Crippen LogP contribution in [0.15, 0.2) is 84.9 Å². The van der Waals surface area contributed by atoms with Crippen LogP contribution in [0.1, 0.15) is 52.7 Å². The Bertz CT molecular complexity index is 951. The van der Waals surface area contributed by atoms with Crippen molar-refractivity contribution in [1.29, 1.82) is 0 Å². The van der Waals surface area contributed by atoms with E-state index in [-0.39, 0.29) is 11.7 Å². The Morgan fingerprint density at radius 2 is 1.41 bits per heavy atom. The van der Waals surface area contributed by atoms with Crippen LogP contribution in [0, 0.1) is 12.8 Å². The van der Waals surface area contributed by atoms with E-state index in [1.165, 1.54) is 5.56 Å². The summed E-state index contributed by atoms with van der Waals surface area (Å²) < 4.78 is 0. The van der Waals surface area contributed by atoms with E-state index < -0.39 is 5.60 Å². The van der Waals surface area contributed by atoms with Crippen LogP contribution in [0.5, 0.6) is 0 Å². The summed E-state index contributed by atoms with van der Waals surface area (Å²) in [6.07, 6.45) is 3.33. The normalized spacial score (nSPS) is 15.6. The number of rotatable bonds is 8. The van der Waals surface area contributed by atoms with Crippen LogP contribution >= 0.6 is 0 Å². The molecule has 3 aromatic rings. The highest BCUT2D eigenvalue weighted by Gasteiger charge is 2.41. The van der Waals surface area contributed by atoms with Gasteiger partial charge in [0.1, 0.15) is 5.60 Å². The number of aryl methyl sites for hydroxylation is 1. The maximum atomic E-state index is 12.4. The molecule has 0 spiro atoms. The van der Waals surface area contributed by atoms with Crippen molar-refractivity contribution < 1.29 is 9.90 Å². The zero-order valence-electron chi connectivity index (χ0n) is 18.9. The second kappa shape index (κ2) is 10.2. The Balaban J connectivity index is 1.35. The van der Waals surface area contributed by atoms with E-state index in [1.54, 1.807) is 0 Å². The molecule has 32 heavy (non-hydrogen) atoms. The van der Waals surface area contributed by atoms with E-state index in [2.05, 4.69) is 4.90 Å². The maximum absolute atomic E-state index is 12.4.